The van der Waals surface area contributed by atoms with Crippen LogP contribution in [0, 0.1) is 22.7 Å². The van der Waals surface area contributed by atoms with Crippen molar-refractivity contribution in [3.63, 3.8) is 0 Å². The number of H-pyrrole nitrogens is 1. The molecular formula is C30H33F3N4OS. The molecule has 206 valence electrons. The fraction of sp³-hybridized carbons (Fsp3) is 0.433. The molecule has 3 aliphatic rings. The van der Waals surface area contributed by atoms with Gasteiger partial charge in [-0.2, -0.15) is 13.2 Å². The third-order valence-corrected chi connectivity index (χ3v) is 9.27. The molecule has 4 unspecified atom stereocenters. The maximum atomic E-state index is 13.9. The zero-order chi connectivity index (χ0) is 27.7. The Hall–Kier alpha value is -3.07. The van der Waals surface area contributed by atoms with Crippen LogP contribution in [0.3, 0.4) is 0 Å². The number of amides is 1. The summed E-state index contributed by atoms with van der Waals surface area (Å²) < 4.78 is 39.6. The minimum Gasteiger partial charge on any atom is -0.346 e. The number of aromatic amines is 1. The number of alkyl halides is 3. The summed E-state index contributed by atoms with van der Waals surface area (Å²) in [5, 5.41) is 10.2. The van der Waals surface area contributed by atoms with E-state index in [2.05, 4.69) is 45.6 Å². The predicted octanol–water partition coefficient (Wildman–Crippen LogP) is 7.05. The molecule has 0 fully saturated rings. The zero-order valence-electron chi connectivity index (χ0n) is 22.1. The number of allylic oxidation sites excluding steroid dienone is 7. The Morgan fingerprint density at radius 1 is 1.21 bits per heavy atom. The molecule has 3 aliphatic carbocycles. The number of fused-ring (bicyclic) bond motifs is 2. The van der Waals surface area contributed by atoms with Crippen molar-refractivity contribution < 1.29 is 18.0 Å². The SMILES string of the molecule is CC1CC=CC2=C1C(CCCCSc1n[nH]c(-c3ccccc3)n1)(C(=O)NCC(F)(F)F)C1(C)C=CC=CC21. The molecule has 5 nitrogen and oxygen atoms in total. The fourth-order valence-electron chi connectivity index (χ4n) is 6.60. The number of unbranched alkanes of at least 4 members (excludes halogenated alkanes) is 1. The van der Waals surface area contributed by atoms with Crippen LogP contribution in [-0.2, 0) is 4.79 Å². The van der Waals surface area contributed by atoms with Crippen molar-refractivity contribution in [2.24, 2.45) is 22.7 Å². The van der Waals surface area contributed by atoms with Crippen molar-refractivity contribution in [1.29, 1.82) is 0 Å². The first kappa shape index (κ1) is 27.5. The number of aromatic nitrogens is 3. The van der Waals surface area contributed by atoms with Crippen molar-refractivity contribution in [2.45, 2.75) is 50.9 Å². The Kier molecular flexibility index (Phi) is 7.64. The lowest BCUT2D eigenvalue weighted by Crippen LogP contribution is -2.53. The lowest BCUT2D eigenvalue weighted by molar-refractivity contribution is -0.147. The third-order valence-electron chi connectivity index (χ3n) is 8.33. The second kappa shape index (κ2) is 10.8. The van der Waals surface area contributed by atoms with E-state index in [-0.39, 0.29) is 11.8 Å². The molecule has 0 spiro atoms. The number of halogens is 3. The van der Waals surface area contributed by atoms with Gasteiger partial charge in [0.25, 0.3) is 0 Å². The van der Waals surface area contributed by atoms with Crippen molar-refractivity contribution in [2.75, 3.05) is 12.3 Å². The smallest absolute Gasteiger partial charge is 0.346 e. The van der Waals surface area contributed by atoms with Crippen molar-refractivity contribution in [3.05, 3.63) is 77.9 Å². The van der Waals surface area contributed by atoms with E-state index in [9.17, 15) is 18.0 Å². The molecule has 9 heteroatoms. The first-order valence-corrected chi connectivity index (χ1v) is 14.4. The van der Waals surface area contributed by atoms with Crippen LogP contribution in [0.25, 0.3) is 11.4 Å². The Labute approximate surface area is 231 Å². The normalized spacial score (nSPS) is 27.5. The van der Waals surface area contributed by atoms with Gasteiger partial charge in [-0.1, -0.05) is 98.8 Å². The molecule has 4 atom stereocenters. The van der Waals surface area contributed by atoms with Gasteiger partial charge in [-0.3, -0.25) is 9.89 Å². The maximum absolute atomic E-state index is 13.9. The average molecular weight is 555 g/mol. The molecule has 0 bridgehead atoms. The number of nitrogens with zero attached hydrogens (tertiary/aromatic N) is 2. The van der Waals surface area contributed by atoms with Crippen LogP contribution in [-0.4, -0.2) is 39.6 Å². The number of nitrogens with one attached hydrogen (secondary N) is 2. The van der Waals surface area contributed by atoms with E-state index in [4.69, 9.17) is 0 Å². The molecule has 0 radical (unpaired) electrons. The van der Waals surface area contributed by atoms with Gasteiger partial charge < -0.3 is 5.32 Å². The van der Waals surface area contributed by atoms with Crippen molar-refractivity contribution >= 4 is 17.7 Å². The van der Waals surface area contributed by atoms with Crippen LogP contribution in [0.15, 0.2) is 83.1 Å². The summed E-state index contributed by atoms with van der Waals surface area (Å²) in [4.78, 5) is 18.5. The van der Waals surface area contributed by atoms with E-state index >= 15 is 0 Å². The summed E-state index contributed by atoms with van der Waals surface area (Å²) in [6, 6.07) is 9.77. The molecule has 1 aromatic heterocycles. The number of carbonyl (C=O) groups excluding carboxylic acids is 1. The summed E-state index contributed by atoms with van der Waals surface area (Å²) in [7, 11) is 0. The van der Waals surface area contributed by atoms with Crippen molar-refractivity contribution in [3.8, 4) is 11.4 Å². The molecular weight excluding hydrogens is 521 g/mol. The van der Waals surface area contributed by atoms with Gasteiger partial charge in [-0.25, -0.2) is 4.98 Å². The van der Waals surface area contributed by atoms with Crippen LogP contribution in [0.1, 0.15) is 39.5 Å². The highest BCUT2D eigenvalue weighted by molar-refractivity contribution is 7.99. The molecule has 1 aromatic carbocycles. The Morgan fingerprint density at radius 3 is 2.77 bits per heavy atom. The minimum absolute atomic E-state index is 0.0489. The third kappa shape index (κ3) is 5.13. The first-order valence-electron chi connectivity index (χ1n) is 13.4. The molecule has 2 N–H and O–H groups in total. The fourth-order valence-corrected chi connectivity index (χ4v) is 7.39. The number of hydrogen-bond acceptors (Lipinski definition) is 4. The zero-order valence-corrected chi connectivity index (χ0v) is 22.9. The molecule has 1 heterocycles. The molecule has 0 aliphatic heterocycles. The summed E-state index contributed by atoms with van der Waals surface area (Å²) in [6.45, 7) is 2.80. The largest absolute Gasteiger partial charge is 0.405 e. The maximum Gasteiger partial charge on any atom is 0.405 e. The highest BCUT2D eigenvalue weighted by Gasteiger charge is 2.64. The number of rotatable bonds is 9. The van der Waals surface area contributed by atoms with E-state index < -0.39 is 29.5 Å². The quantitative estimate of drug-likeness (QED) is 0.257. The van der Waals surface area contributed by atoms with E-state index in [0.717, 1.165) is 35.3 Å². The van der Waals surface area contributed by atoms with Gasteiger partial charge >= 0.3 is 6.18 Å². The summed E-state index contributed by atoms with van der Waals surface area (Å²) >= 11 is 1.53. The van der Waals surface area contributed by atoms with Gasteiger partial charge in [0.2, 0.25) is 11.1 Å². The van der Waals surface area contributed by atoms with E-state index in [1.54, 1.807) is 0 Å². The van der Waals surface area contributed by atoms with Crippen LogP contribution in [0.2, 0.25) is 0 Å². The molecule has 39 heavy (non-hydrogen) atoms. The standard InChI is InChI=1S/C30H33F3N4OS/c1-20-11-10-14-22-23-15-6-7-16-28(23,2)29(24(20)22,26(38)34-19-30(31,32)33)17-8-9-18-39-27-35-25(36-37-27)21-12-4-3-5-13-21/h3-7,10,12-16,20,23H,8-9,11,17-19H2,1-2H3,(H,34,38)(H,35,36,37). The summed E-state index contributed by atoms with van der Waals surface area (Å²) in [5.41, 5.74) is 1.35. The van der Waals surface area contributed by atoms with E-state index in [1.807, 2.05) is 55.5 Å². The second-order valence-corrected chi connectivity index (χ2v) is 11.8. The number of hydrogen-bond donors (Lipinski definition) is 2. The van der Waals surface area contributed by atoms with Gasteiger partial charge in [0.05, 0.1) is 5.41 Å². The molecule has 1 amide bonds. The highest BCUT2D eigenvalue weighted by atomic mass is 32.2. The predicted molar refractivity (Wildman–Crippen MR) is 148 cm³/mol. The minimum atomic E-state index is -4.47. The van der Waals surface area contributed by atoms with E-state index in [0.29, 0.717) is 23.8 Å². The molecule has 0 saturated heterocycles. The van der Waals surface area contributed by atoms with Gasteiger partial charge in [-0.15, -0.1) is 5.10 Å². The van der Waals surface area contributed by atoms with Crippen LogP contribution >= 0.6 is 11.8 Å². The number of benzene rings is 1. The van der Waals surface area contributed by atoms with E-state index in [1.165, 1.54) is 11.8 Å². The van der Waals surface area contributed by atoms with Gasteiger partial charge in [0.1, 0.15) is 6.54 Å². The number of carbonyl (C=O) groups is 1. The summed E-state index contributed by atoms with van der Waals surface area (Å²) in [5.74, 6) is 0.953. The van der Waals surface area contributed by atoms with Gasteiger partial charge in [-0.05, 0) is 36.3 Å². The summed E-state index contributed by atoms with van der Waals surface area (Å²) in [6.07, 6.45) is 10.5. The second-order valence-electron chi connectivity index (χ2n) is 10.8. The van der Waals surface area contributed by atoms with Crippen molar-refractivity contribution in [1.82, 2.24) is 20.5 Å². The lowest BCUT2D eigenvalue weighted by Gasteiger charge is -2.47. The topological polar surface area (TPSA) is 70.7 Å². The average Bonchev–Trinajstić information content (AvgIpc) is 3.47. The monoisotopic (exact) mass is 554 g/mol. The van der Waals surface area contributed by atoms with Crippen LogP contribution < -0.4 is 5.32 Å². The Bertz CT molecular complexity index is 1330. The molecule has 0 saturated carbocycles. The highest BCUT2D eigenvalue weighted by Crippen LogP contribution is 2.66. The Morgan fingerprint density at radius 2 is 2.00 bits per heavy atom. The molecule has 5 rings (SSSR count). The molecule has 2 aromatic rings. The van der Waals surface area contributed by atoms with Crippen LogP contribution in [0.5, 0.6) is 0 Å². The van der Waals surface area contributed by atoms with Gasteiger partial charge in [0.15, 0.2) is 5.82 Å². The lowest BCUT2D eigenvalue weighted by atomic mass is 9.55. The number of thioether (sulfide) groups is 1. The Balaban J connectivity index is 1.35. The van der Waals surface area contributed by atoms with Crippen LogP contribution in [0.4, 0.5) is 13.2 Å². The first-order chi connectivity index (χ1) is 18.7. The van der Waals surface area contributed by atoms with Gasteiger partial charge in [0, 0.05) is 22.6 Å².